The molecule has 2 N–H and O–H groups in total. The number of fused-ring (bicyclic) bond motifs is 9. The van der Waals surface area contributed by atoms with E-state index < -0.39 is 0 Å². The first-order valence-electron chi connectivity index (χ1n) is 6.13. The van der Waals surface area contributed by atoms with E-state index in [0.29, 0.717) is 11.8 Å². The summed E-state index contributed by atoms with van der Waals surface area (Å²) in [6.07, 6.45) is 4.71. The third kappa shape index (κ3) is 0.704. The third-order valence-electron chi connectivity index (χ3n) is 5.78. The molecule has 4 aliphatic carbocycles. The largest absolute Gasteiger partial charge is 0.393 e. The van der Waals surface area contributed by atoms with Gasteiger partial charge in [-0.2, -0.15) is 0 Å². The van der Waals surface area contributed by atoms with Gasteiger partial charge in [-0.25, -0.2) is 0 Å². The fourth-order valence-electron chi connectivity index (χ4n) is 5.54. The zero-order valence-corrected chi connectivity index (χ0v) is 8.34. The topological polar surface area (TPSA) is 40.5 Å². The highest BCUT2D eigenvalue weighted by Crippen LogP contribution is 2.67. The lowest BCUT2D eigenvalue weighted by Crippen LogP contribution is -2.35. The fourth-order valence-corrected chi connectivity index (χ4v) is 5.54. The molecule has 4 rings (SSSR count). The molecule has 4 bridgehead atoms. The molecule has 2 nitrogen and oxygen atoms in total. The number of aliphatic hydroxyl groups excluding tert-OH is 2. The van der Waals surface area contributed by atoms with Crippen LogP contribution in [0.5, 0.6) is 0 Å². The maximum atomic E-state index is 10.1. The van der Waals surface area contributed by atoms with E-state index in [1.165, 1.54) is 19.3 Å². The average molecular weight is 194 g/mol. The van der Waals surface area contributed by atoms with Crippen LogP contribution in [0.3, 0.4) is 0 Å². The molecule has 0 heterocycles. The molecular weight excluding hydrogens is 176 g/mol. The minimum atomic E-state index is -0.185. The third-order valence-corrected chi connectivity index (χ3v) is 5.78. The number of hydrogen-bond acceptors (Lipinski definition) is 2. The van der Waals surface area contributed by atoms with Gasteiger partial charge in [0.2, 0.25) is 0 Å². The summed E-state index contributed by atoms with van der Waals surface area (Å²) in [4.78, 5) is 0. The molecule has 78 valence electrons. The molecule has 8 atom stereocenters. The van der Waals surface area contributed by atoms with Crippen LogP contribution in [0.4, 0.5) is 0 Å². The Morgan fingerprint density at radius 2 is 1.50 bits per heavy atom. The van der Waals surface area contributed by atoms with Gasteiger partial charge in [-0.1, -0.05) is 0 Å². The summed E-state index contributed by atoms with van der Waals surface area (Å²) >= 11 is 0. The Kier molecular flexibility index (Phi) is 1.37. The Morgan fingerprint density at radius 3 is 2.29 bits per heavy atom. The van der Waals surface area contributed by atoms with Crippen molar-refractivity contribution in [2.75, 3.05) is 0 Å². The van der Waals surface area contributed by atoms with Crippen LogP contribution in [-0.2, 0) is 0 Å². The smallest absolute Gasteiger partial charge is 0.0627 e. The fraction of sp³-hybridized carbons (Fsp3) is 1.00. The van der Waals surface area contributed by atoms with E-state index in [0.717, 1.165) is 24.2 Å². The second-order valence-electron chi connectivity index (χ2n) is 6.02. The van der Waals surface area contributed by atoms with Crippen LogP contribution in [0.25, 0.3) is 0 Å². The number of hydrogen-bond donors (Lipinski definition) is 2. The molecular formula is C12H18O2. The Hall–Kier alpha value is -0.0800. The van der Waals surface area contributed by atoms with Crippen molar-refractivity contribution in [3.05, 3.63) is 0 Å². The quantitative estimate of drug-likeness (QED) is 0.565. The monoisotopic (exact) mass is 194 g/mol. The molecule has 0 amide bonds. The summed E-state index contributed by atoms with van der Waals surface area (Å²) in [7, 11) is 0. The summed E-state index contributed by atoms with van der Waals surface area (Å²) in [6.45, 7) is 0. The molecule has 0 aromatic carbocycles. The van der Waals surface area contributed by atoms with E-state index in [2.05, 4.69) is 0 Å². The van der Waals surface area contributed by atoms with Crippen LogP contribution in [0.2, 0.25) is 0 Å². The highest BCUT2D eigenvalue weighted by Gasteiger charge is 2.66. The minimum absolute atomic E-state index is 0.164. The van der Waals surface area contributed by atoms with Gasteiger partial charge < -0.3 is 10.2 Å². The van der Waals surface area contributed by atoms with E-state index in [4.69, 9.17) is 0 Å². The molecule has 0 aromatic rings. The van der Waals surface area contributed by atoms with Gasteiger partial charge in [0.15, 0.2) is 0 Å². The Labute approximate surface area is 84.3 Å². The predicted octanol–water partition coefficient (Wildman–Crippen LogP) is 1.02. The molecule has 4 fully saturated rings. The molecule has 4 aliphatic rings. The van der Waals surface area contributed by atoms with E-state index in [-0.39, 0.29) is 18.1 Å². The predicted molar refractivity (Wildman–Crippen MR) is 51.4 cm³/mol. The highest BCUT2D eigenvalue weighted by atomic mass is 16.3. The lowest BCUT2D eigenvalue weighted by atomic mass is 9.70. The van der Waals surface area contributed by atoms with Gasteiger partial charge in [0.1, 0.15) is 0 Å². The molecule has 0 aliphatic heterocycles. The van der Waals surface area contributed by atoms with Gasteiger partial charge in [-0.3, -0.25) is 0 Å². The van der Waals surface area contributed by atoms with Crippen LogP contribution in [-0.4, -0.2) is 22.4 Å². The van der Waals surface area contributed by atoms with E-state index in [9.17, 15) is 10.2 Å². The van der Waals surface area contributed by atoms with E-state index in [1.54, 1.807) is 0 Å². The first-order valence-corrected chi connectivity index (χ1v) is 6.13. The van der Waals surface area contributed by atoms with Crippen molar-refractivity contribution < 1.29 is 10.2 Å². The molecule has 4 saturated carbocycles. The van der Waals surface area contributed by atoms with Gasteiger partial charge in [0.05, 0.1) is 12.2 Å². The first kappa shape index (κ1) is 8.12. The summed E-state index contributed by atoms with van der Waals surface area (Å²) < 4.78 is 0. The van der Waals surface area contributed by atoms with Crippen molar-refractivity contribution in [1.82, 2.24) is 0 Å². The SMILES string of the molecule is OC1CC2C(O)C1C1C3CCC(C3)C21. The molecule has 0 spiro atoms. The van der Waals surface area contributed by atoms with Crippen LogP contribution in [0.1, 0.15) is 25.7 Å². The van der Waals surface area contributed by atoms with Crippen LogP contribution < -0.4 is 0 Å². The van der Waals surface area contributed by atoms with E-state index >= 15 is 0 Å². The molecule has 0 radical (unpaired) electrons. The maximum absolute atomic E-state index is 10.1. The highest BCUT2D eigenvalue weighted by molar-refractivity contribution is 5.14. The summed E-state index contributed by atoms with van der Waals surface area (Å²) in [5.74, 6) is 3.94. The minimum Gasteiger partial charge on any atom is -0.393 e. The summed E-state index contributed by atoms with van der Waals surface area (Å²) in [6, 6.07) is 0. The Morgan fingerprint density at radius 1 is 0.786 bits per heavy atom. The van der Waals surface area contributed by atoms with Crippen LogP contribution >= 0.6 is 0 Å². The molecule has 14 heavy (non-hydrogen) atoms. The summed E-state index contributed by atoms with van der Waals surface area (Å²) in [5, 5.41) is 20.0. The Balaban J connectivity index is 1.76. The second kappa shape index (κ2) is 2.35. The Bertz CT molecular complexity index is 275. The van der Waals surface area contributed by atoms with Gasteiger partial charge in [-0.05, 0) is 55.3 Å². The van der Waals surface area contributed by atoms with Crippen molar-refractivity contribution in [2.45, 2.75) is 37.9 Å². The summed E-state index contributed by atoms with van der Waals surface area (Å²) in [5.41, 5.74) is 0. The van der Waals surface area contributed by atoms with Gasteiger partial charge in [0, 0.05) is 5.92 Å². The van der Waals surface area contributed by atoms with Crippen molar-refractivity contribution >= 4 is 0 Å². The normalized spacial score (nSPS) is 69.0. The lowest BCUT2D eigenvalue weighted by molar-refractivity contribution is 0.0179. The van der Waals surface area contributed by atoms with Crippen molar-refractivity contribution in [1.29, 1.82) is 0 Å². The molecule has 0 saturated heterocycles. The van der Waals surface area contributed by atoms with E-state index in [1.807, 2.05) is 0 Å². The van der Waals surface area contributed by atoms with Crippen molar-refractivity contribution in [3.8, 4) is 0 Å². The average Bonchev–Trinajstić information content (AvgIpc) is 2.84. The van der Waals surface area contributed by atoms with Crippen LogP contribution in [0, 0.1) is 35.5 Å². The van der Waals surface area contributed by atoms with Gasteiger partial charge in [0.25, 0.3) is 0 Å². The number of rotatable bonds is 0. The zero-order chi connectivity index (χ0) is 9.45. The van der Waals surface area contributed by atoms with Crippen LogP contribution in [0.15, 0.2) is 0 Å². The van der Waals surface area contributed by atoms with Crippen molar-refractivity contribution in [3.63, 3.8) is 0 Å². The molecule has 0 aromatic heterocycles. The first-order chi connectivity index (χ1) is 6.77. The lowest BCUT2D eigenvalue weighted by Gasteiger charge is -2.36. The van der Waals surface area contributed by atoms with Gasteiger partial charge in [-0.15, -0.1) is 0 Å². The van der Waals surface area contributed by atoms with Crippen molar-refractivity contribution in [2.24, 2.45) is 35.5 Å². The number of aliphatic hydroxyl groups is 2. The second-order valence-corrected chi connectivity index (χ2v) is 6.02. The maximum Gasteiger partial charge on any atom is 0.0627 e. The van der Waals surface area contributed by atoms with Gasteiger partial charge >= 0.3 is 0 Å². The zero-order valence-electron chi connectivity index (χ0n) is 8.34. The standard InChI is InChI=1S/C12H18O2/c13-8-4-7-9-5-1-2-6(3-5)10(9)11(8)12(7)14/h5-14H,1-4H2. The molecule has 8 unspecified atom stereocenters. The molecule has 2 heteroatoms.